The summed E-state index contributed by atoms with van der Waals surface area (Å²) in [6.07, 6.45) is 0. The molecule has 0 nitrogen and oxygen atoms in total. The van der Waals surface area contributed by atoms with E-state index in [1.807, 2.05) is 33.8 Å². The van der Waals surface area contributed by atoms with E-state index in [1.165, 1.54) is 0 Å². The van der Waals surface area contributed by atoms with E-state index in [9.17, 15) is 4.39 Å². The van der Waals surface area contributed by atoms with Gasteiger partial charge in [0.2, 0.25) is 0 Å². The average Bonchev–Trinajstić information content (AvgIpc) is 2.01. The summed E-state index contributed by atoms with van der Waals surface area (Å²) in [5.74, 6) is 0.253. The lowest BCUT2D eigenvalue weighted by Crippen LogP contribution is -1.98. The maximum absolute atomic E-state index is 13.6. The van der Waals surface area contributed by atoms with Gasteiger partial charge in [-0.2, -0.15) is 0 Å². The predicted molar refractivity (Wildman–Crippen MR) is 59.6 cm³/mol. The fourth-order valence-electron chi connectivity index (χ4n) is 1.49. The van der Waals surface area contributed by atoms with Gasteiger partial charge in [-0.3, -0.25) is 0 Å². The average molecular weight is 215 g/mol. The molecule has 0 aromatic heterocycles. The summed E-state index contributed by atoms with van der Waals surface area (Å²) in [6, 6.07) is 3.45. The molecule has 0 unspecified atom stereocenters. The predicted octanol–water partition coefficient (Wildman–Crippen LogP) is 4.73. The molecule has 0 radical (unpaired) electrons. The maximum atomic E-state index is 13.6. The van der Waals surface area contributed by atoms with Crippen LogP contribution in [0.2, 0.25) is 5.02 Å². The van der Waals surface area contributed by atoms with E-state index in [4.69, 9.17) is 11.6 Å². The summed E-state index contributed by atoms with van der Waals surface area (Å²) in [7, 11) is 0. The molecule has 1 aromatic carbocycles. The highest BCUT2D eigenvalue weighted by Gasteiger charge is 2.13. The molecule has 2 heteroatoms. The van der Waals surface area contributed by atoms with E-state index < -0.39 is 0 Å². The van der Waals surface area contributed by atoms with Crippen LogP contribution in [-0.4, -0.2) is 0 Å². The Morgan fingerprint density at radius 1 is 1.07 bits per heavy atom. The molecule has 0 aliphatic rings. The first-order valence-electron chi connectivity index (χ1n) is 4.92. The van der Waals surface area contributed by atoms with Crippen LogP contribution < -0.4 is 0 Å². The molecule has 78 valence electrons. The molecular formula is C12H16ClF. The second kappa shape index (κ2) is 4.31. The Hall–Kier alpha value is -0.560. The van der Waals surface area contributed by atoms with Crippen molar-refractivity contribution in [2.45, 2.75) is 39.5 Å². The molecule has 14 heavy (non-hydrogen) atoms. The molecule has 0 aliphatic heterocycles. The quantitative estimate of drug-likeness (QED) is 0.668. The van der Waals surface area contributed by atoms with Gasteiger partial charge in [-0.1, -0.05) is 39.3 Å². The molecule has 0 bridgehead atoms. The van der Waals surface area contributed by atoms with Gasteiger partial charge in [-0.05, 0) is 29.5 Å². The lowest BCUT2D eigenvalue weighted by atomic mass is 9.96. The van der Waals surface area contributed by atoms with Crippen molar-refractivity contribution in [1.82, 2.24) is 0 Å². The number of halogens is 2. The summed E-state index contributed by atoms with van der Waals surface area (Å²) >= 11 is 6.03. The number of hydrogen-bond donors (Lipinski definition) is 0. The van der Waals surface area contributed by atoms with Crippen LogP contribution in [0.5, 0.6) is 0 Å². The van der Waals surface area contributed by atoms with Crippen molar-refractivity contribution in [3.63, 3.8) is 0 Å². The van der Waals surface area contributed by atoms with Crippen molar-refractivity contribution < 1.29 is 4.39 Å². The minimum absolute atomic E-state index is 0.128. The van der Waals surface area contributed by atoms with Crippen LogP contribution >= 0.6 is 11.6 Å². The Balaban J connectivity index is 3.25. The Labute approximate surface area is 90.1 Å². The monoisotopic (exact) mass is 214 g/mol. The van der Waals surface area contributed by atoms with Crippen molar-refractivity contribution in [2.75, 3.05) is 0 Å². The van der Waals surface area contributed by atoms with Gasteiger partial charge in [0.15, 0.2) is 0 Å². The highest BCUT2D eigenvalue weighted by Crippen LogP contribution is 2.30. The largest absolute Gasteiger partial charge is 0.207 e. The van der Waals surface area contributed by atoms with Crippen LogP contribution in [0.15, 0.2) is 12.1 Å². The van der Waals surface area contributed by atoms with E-state index in [0.717, 1.165) is 5.56 Å². The van der Waals surface area contributed by atoms with Crippen molar-refractivity contribution in [1.29, 1.82) is 0 Å². The molecule has 0 atom stereocenters. The van der Waals surface area contributed by atoms with Crippen LogP contribution in [0.25, 0.3) is 0 Å². The highest BCUT2D eigenvalue weighted by molar-refractivity contribution is 6.31. The van der Waals surface area contributed by atoms with Gasteiger partial charge in [-0.15, -0.1) is 0 Å². The molecule has 0 fully saturated rings. The lowest BCUT2D eigenvalue weighted by molar-refractivity contribution is 0.594. The van der Waals surface area contributed by atoms with Gasteiger partial charge in [0, 0.05) is 10.6 Å². The van der Waals surface area contributed by atoms with Crippen molar-refractivity contribution in [3.05, 3.63) is 34.1 Å². The standard InChI is InChI=1S/C12H16ClF/c1-7(2)9-5-10(13)12(8(3)4)11(14)6-9/h5-8H,1-4H3. The number of hydrogen-bond acceptors (Lipinski definition) is 0. The molecule has 1 rings (SSSR count). The van der Waals surface area contributed by atoms with Gasteiger partial charge in [0.25, 0.3) is 0 Å². The second-order valence-corrected chi connectivity index (χ2v) is 4.61. The number of rotatable bonds is 2. The molecule has 0 amide bonds. The van der Waals surface area contributed by atoms with Gasteiger partial charge in [0.1, 0.15) is 5.82 Å². The van der Waals surface area contributed by atoms with E-state index in [-0.39, 0.29) is 11.7 Å². The van der Waals surface area contributed by atoms with Crippen molar-refractivity contribution in [3.8, 4) is 0 Å². The maximum Gasteiger partial charge on any atom is 0.128 e. The van der Waals surface area contributed by atoms with Crippen LogP contribution in [0.4, 0.5) is 4.39 Å². The molecule has 0 spiro atoms. The zero-order valence-corrected chi connectivity index (χ0v) is 9.82. The highest BCUT2D eigenvalue weighted by atomic mass is 35.5. The summed E-state index contributed by atoms with van der Waals surface area (Å²) in [4.78, 5) is 0. The summed E-state index contributed by atoms with van der Waals surface area (Å²) in [6.45, 7) is 7.94. The van der Waals surface area contributed by atoms with E-state index in [0.29, 0.717) is 16.5 Å². The summed E-state index contributed by atoms with van der Waals surface area (Å²) < 4.78 is 13.6. The normalized spacial score (nSPS) is 11.4. The molecule has 0 aliphatic carbocycles. The first-order valence-corrected chi connectivity index (χ1v) is 5.30. The zero-order chi connectivity index (χ0) is 10.9. The third-order valence-corrected chi connectivity index (χ3v) is 2.66. The minimum Gasteiger partial charge on any atom is -0.207 e. The Bertz CT molecular complexity index is 306. The molecule has 1 aromatic rings. The molecule has 0 saturated carbocycles. The van der Waals surface area contributed by atoms with Crippen molar-refractivity contribution >= 4 is 11.6 Å². The molecule has 0 saturated heterocycles. The van der Waals surface area contributed by atoms with Crippen molar-refractivity contribution in [2.24, 2.45) is 0 Å². The topological polar surface area (TPSA) is 0 Å². The fourth-order valence-corrected chi connectivity index (χ4v) is 1.92. The van der Waals surface area contributed by atoms with E-state index in [1.54, 1.807) is 6.07 Å². The van der Waals surface area contributed by atoms with Crippen LogP contribution in [0, 0.1) is 5.82 Å². The fraction of sp³-hybridized carbons (Fsp3) is 0.500. The number of benzene rings is 1. The Kier molecular flexibility index (Phi) is 3.54. The summed E-state index contributed by atoms with van der Waals surface area (Å²) in [5.41, 5.74) is 1.58. The first-order chi connectivity index (χ1) is 6.43. The van der Waals surface area contributed by atoms with Crippen LogP contribution in [0.1, 0.15) is 50.7 Å². The Morgan fingerprint density at radius 2 is 1.64 bits per heavy atom. The van der Waals surface area contributed by atoms with Gasteiger partial charge in [0.05, 0.1) is 0 Å². The SMILES string of the molecule is CC(C)c1cc(F)c(C(C)C)c(Cl)c1. The first kappa shape index (κ1) is 11.5. The summed E-state index contributed by atoms with van der Waals surface area (Å²) in [5, 5.41) is 0.545. The molecule has 0 N–H and O–H groups in total. The second-order valence-electron chi connectivity index (χ2n) is 4.21. The van der Waals surface area contributed by atoms with Crippen LogP contribution in [0.3, 0.4) is 0 Å². The van der Waals surface area contributed by atoms with Gasteiger partial charge < -0.3 is 0 Å². The van der Waals surface area contributed by atoms with Gasteiger partial charge in [-0.25, -0.2) is 4.39 Å². The van der Waals surface area contributed by atoms with E-state index >= 15 is 0 Å². The minimum atomic E-state index is -0.184. The smallest absolute Gasteiger partial charge is 0.128 e. The van der Waals surface area contributed by atoms with Crippen LogP contribution in [-0.2, 0) is 0 Å². The molecule has 0 heterocycles. The third-order valence-electron chi connectivity index (χ3n) is 2.35. The zero-order valence-electron chi connectivity index (χ0n) is 9.07. The molecular weight excluding hydrogens is 199 g/mol. The Morgan fingerprint density at radius 3 is 2.00 bits per heavy atom. The third kappa shape index (κ3) is 2.27. The van der Waals surface area contributed by atoms with Gasteiger partial charge >= 0.3 is 0 Å². The van der Waals surface area contributed by atoms with E-state index in [2.05, 4.69) is 0 Å². The lowest BCUT2D eigenvalue weighted by Gasteiger charge is -2.13.